The molecule has 1 fully saturated rings. The van der Waals surface area contributed by atoms with Crippen LogP contribution >= 0.6 is 0 Å². The Kier molecular flexibility index (Phi) is 4.01. The van der Waals surface area contributed by atoms with Crippen LogP contribution in [0.3, 0.4) is 0 Å². The highest BCUT2D eigenvalue weighted by Crippen LogP contribution is 2.21. The molecule has 0 saturated carbocycles. The molecule has 0 radical (unpaired) electrons. The average Bonchev–Trinajstić information content (AvgIpc) is 3.04. The largest absolute Gasteiger partial charge is 0.459 e. The number of likely N-dealkylation sites (tertiary alicyclic amines) is 1. The minimum Gasteiger partial charge on any atom is -0.459 e. The summed E-state index contributed by atoms with van der Waals surface area (Å²) in [6.45, 7) is -1.07. The van der Waals surface area contributed by atoms with Crippen molar-refractivity contribution in [3.8, 4) is 0 Å². The maximum absolute atomic E-state index is 12.1. The van der Waals surface area contributed by atoms with E-state index in [1.165, 1.54) is 23.3 Å². The molecule has 5 nitrogen and oxygen atoms in total. The van der Waals surface area contributed by atoms with Gasteiger partial charge < -0.3 is 14.6 Å². The zero-order valence-electron chi connectivity index (χ0n) is 10.4. The summed E-state index contributed by atoms with van der Waals surface area (Å²) in [7, 11) is 0. The Morgan fingerprint density at radius 3 is 2.80 bits per heavy atom. The molecule has 0 spiro atoms. The molecule has 1 unspecified atom stereocenters. The van der Waals surface area contributed by atoms with E-state index in [9.17, 15) is 22.8 Å². The number of rotatable bonds is 3. The molecule has 0 aliphatic carbocycles. The van der Waals surface area contributed by atoms with Crippen molar-refractivity contribution in [2.45, 2.75) is 25.1 Å². The van der Waals surface area contributed by atoms with Gasteiger partial charge in [0.1, 0.15) is 12.6 Å². The van der Waals surface area contributed by atoms with Gasteiger partial charge in [0.25, 0.3) is 5.91 Å². The smallest absolute Gasteiger partial charge is 0.405 e. The van der Waals surface area contributed by atoms with Crippen molar-refractivity contribution in [2.24, 2.45) is 0 Å². The summed E-state index contributed by atoms with van der Waals surface area (Å²) in [4.78, 5) is 25.0. The van der Waals surface area contributed by atoms with Crippen molar-refractivity contribution in [3.63, 3.8) is 0 Å². The van der Waals surface area contributed by atoms with E-state index in [4.69, 9.17) is 4.42 Å². The van der Waals surface area contributed by atoms with Gasteiger partial charge in [-0.3, -0.25) is 9.59 Å². The van der Waals surface area contributed by atoms with E-state index >= 15 is 0 Å². The van der Waals surface area contributed by atoms with Crippen molar-refractivity contribution in [1.82, 2.24) is 10.2 Å². The van der Waals surface area contributed by atoms with Crippen molar-refractivity contribution < 1.29 is 27.2 Å². The van der Waals surface area contributed by atoms with Crippen LogP contribution in [0.2, 0.25) is 0 Å². The standard InChI is InChI=1S/C12H13F3N2O3/c13-12(14,15)7-16-10(18)8-3-1-5-17(8)11(19)9-4-2-6-20-9/h2,4,6,8H,1,3,5,7H2,(H,16,18). The normalized spacial score (nSPS) is 19.1. The van der Waals surface area contributed by atoms with Gasteiger partial charge in [0, 0.05) is 6.54 Å². The number of hydrogen-bond acceptors (Lipinski definition) is 3. The molecule has 20 heavy (non-hydrogen) atoms. The molecule has 1 N–H and O–H groups in total. The predicted molar refractivity (Wildman–Crippen MR) is 61.8 cm³/mol. The van der Waals surface area contributed by atoms with Gasteiger partial charge in [0.05, 0.1) is 6.26 Å². The monoisotopic (exact) mass is 290 g/mol. The molecule has 1 aromatic heterocycles. The molecule has 1 aromatic rings. The molecule has 8 heteroatoms. The molecule has 1 atom stereocenters. The first-order chi connectivity index (χ1) is 9.38. The molecule has 2 heterocycles. The van der Waals surface area contributed by atoms with Crippen LogP contribution in [-0.2, 0) is 4.79 Å². The third-order valence-electron chi connectivity index (χ3n) is 3.01. The second-order valence-corrected chi connectivity index (χ2v) is 4.47. The first-order valence-electron chi connectivity index (χ1n) is 6.07. The average molecular weight is 290 g/mol. The van der Waals surface area contributed by atoms with Gasteiger partial charge in [-0.2, -0.15) is 13.2 Å². The van der Waals surface area contributed by atoms with Gasteiger partial charge in [-0.25, -0.2) is 0 Å². The fraction of sp³-hybridized carbons (Fsp3) is 0.500. The molecule has 1 aliphatic heterocycles. The highest BCUT2D eigenvalue weighted by Gasteiger charge is 2.37. The van der Waals surface area contributed by atoms with Gasteiger partial charge in [0.2, 0.25) is 5.91 Å². The van der Waals surface area contributed by atoms with Crippen LogP contribution in [0, 0.1) is 0 Å². The zero-order valence-corrected chi connectivity index (χ0v) is 10.4. The molecular weight excluding hydrogens is 277 g/mol. The number of hydrogen-bond donors (Lipinski definition) is 1. The topological polar surface area (TPSA) is 62.6 Å². The van der Waals surface area contributed by atoms with Crippen molar-refractivity contribution in [2.75, 3.05) is 13.1 Å². The van der Waals surface area contributed by atoms with E-state index in [0.717, 1.165) is 0 Å². The van der Waals surface area contributed by atoms with Gasteiger partial charge in [-0.1, -0.05) is 0 Å². The highest BCUT2D eigenvalue weighted by molar-refractivity contribution is 5.95. The number of nitrogens with zero attached hydrogens (tertiary/aromatic N) is 1. The van der Waals surface area contributed by atoms with Crippen LogP contribution < -0.4 is 5.32 Å². The Balaban J connectivity index is 2.00. The number of nitrogens with one attached hydrogen (secondary N) is 1. The minimum atomic E-state index is -4.47. The molecule has 1 aliphatic rings. The first kappa shape index (κ1) is 14.4. The van der Waals surface area contributed by atoms with Crippen molar-refractivity contribution >= 4 is 11.8 Å². The third-order valence-corrected chi connectivity index (χ3v) is 3.01. The van der Waals surface area contributed by atoms with E-state index in [1.807, 2.05) is 0 Å². The van der Waals surface area contributed by atoms with E-state index in [1.54, 1.807) is 5.32 Å². The van der Waals surface area contributed by atoms with Gasteiger partial charge in [-0.15, -0.1) is 0 Å². The number of halogens is 3. The lowest BCUT2D eigenvalue weighted by Gasteiger charge is -2.23. The lowest BCUT2D eigenvalue weighted by Crippen LogP contribution is -2.47. The highest BCUT2D eigenvalue weighted by atomic mass is 19.4. The minimum absolute atomic E-state index is 0.0699. The van der Waals surface area contributed by atoms with Crippen molar-refractivity contribution in [1.29, 1.82) is 0 Å². The van der Waals surface area contributed by atoms with Gasteiger partial charge >= 0.3 is 6.18 Å². The fourth-order valence-electron chi connectivity index (χ4n) is 2.13. The Morgan fingerprint density at radius 2 is 2.20 bits per heavy atom. The number of furan rings is 1. The molecule has 1 saturated heterocycles. The third kappa shape index (κ3) is 3.31. The maximum atomic E-state index is 12.1. The van der Waals surface area contributed by atoms with E-state index in [2.05, 4.69) is 0 Å². The Hall–Kier alpha value is -1.99. The molecule has 0 aromatic carbocycles. The summed E-state index contributed by atoms with van der Waals surface area (Å²) in [5, 5.41) is 1.81. The van der Waals surface area contributed by atoms with E-state index in [-0.39, 0.29) is 5.76 Å². The van der Waals surface area contributed by atoms with Gasteiger partial charge in [0.15, 0.2) is 5.76 Å². The first-order valence-corrected chi connectivity index (χ1v) is 6.07. The maximum Gasteiger partial charge on any atom is 0.405 e. The quantitative estimate of drug-likeness (QED) is 0.919. The zero-order chi connectivity index (χ0) is 14.8. The molecule has 0 bridgehead atoms. The van der Waals surface area contributed by atoms with E-state index in [0.29, 0.717) is 19.4 Å². The number of carbonyl (C=O) groups is 2. The molecule has 110 valence electrons. The number of carbonyl (C=O) groups excluding carboxylic acids is 2. The lowest BCUT2D eigenvalue weighted by molar-refractivity contribution is -0.140. The second-order valence-electron chi connectivity index (χ2n) is 4.47. The summed E-state index contributed by atoms with van der Waals surface area (Å²) in [6.07, 6.45) is -2.24. The van der Waals surface area contributed by atoms with Crippen molar-refractivity contribution in [3.05, 3.63) is 24.2 Å². The Morgan fingerprint density at radius 1 is 1.45 bits per heavy atom. The molecule has 2 rings (SSSR count). The van der Waals surface area contributed by atoms with Crippen LogP contribution in [0.15, 0.2) is 22.8 Å². The lowest BCUT2D eigenvalue weighted by atomic mass is 10.2. The van der Waals surface area contributed by atoms with E-state index < -0.39 is 30.6 Å². The fourth-order valence-corrected chi connectivity index (χ4v) is 2.13. The summed E-state index contributed by atoms with van der Waals surface area (Å²) < 4.78 is 41.2. The number of amides is 2. The van der Waals surface area contributed by atoms with Crippen LogP contribution in [0.5, 0.6) is 0 Å². The summed E-state index contributed by atoms with van der Waals surface area (Å²) in [6, 6.07) is 2.10. The second kappa shape index (κ2) is 5.56. The molecular formula is C12H13F3N2O3. The number of alkyl halides is 3. The van der Waals surface area contributed by atoms with Crippen LogP contribution in [0.25, 0.3) is 0 Å². The van der Waals surface area contributed by atoms with Gasteiger partial charge in [-0.05, 0) is 25.0 Å². The van der Waals surface area contributed by atoms with Crippen LogP contribution in [-0.4, -0.2) is 42.0 Å². The SMILES string of the molecule is O=C(NCC(F)(F)F)C1CCCN1C(=O)c1ccco1. The summed E-state index contributed by atoms with van der Waals surface area (Å²) in [5.74, 6) is -1.21. The Bertz CT molecular complexity index is 485. The summed E-state index contributed by atoms with van der Waals surface area (Å²) in [5.41, 5.74) is 0. The Labute approximate surface area is 112 Å². The van der Waals surface area contributed by atoms with Crippen LogP contribution in [0.4, 0.5) is 13.2 Å². The molecule has 2 amide bonds. The predicted octanol–water partition coefficient (Wildman–Crippen LogP) is 1.56. The van der Waals surface area contributed by atoms with Crippen LogP contribution in [0.1, 0.15) is 23.4 Å². The summed E-state index contributed by atoms with van der Waals surface area (Å²) >= 11 is 0.